The highest BCUT2D eigenvalue weighted by Gasteiger charge is 2.57. The standard InChI is InChI=1S/C12H11ClINO/c13-8-1-2-9(10(14)3-8)11(16)15-12-4-7(5-12)6-12/h1-3,7H,4-6H2,(H,15,16). The fraction of sp³-hybridized carbons (Fsp3) is 0.417. The summed E-state index contributed by atoms with van der Waals surface area (Å²) < 4.78 is 0.911. The minimum Gasteiger partial charge on any atom is -0.347 e. The third-order valence-electron chi connectivity index (χ3n) is 3.59. The highest BCUT2D eigenvalue weighted by Crippen LogP contribution is 2.57. The second kappa shape index (κ2) is 3.60. The van der Waals surface area contributed by atoms with E-state index in [-0.39, 0.29) is 11.4 Å². The molecule has 4 heteroatoms. The second-order valence-corrected chi connectivity index (χ2v) is 6.44. The smallest absolute Gasteiger partial charge is 0.252 e. The van der Waals surface area contributed by atoms with Gasteiger partial charge in [0.05, 0.1) is 5.56 Å². The van der Waals surface area contributed by atoms with Crippen LogP contribution in [0.2, 0.25) is 5.02 Å². The summed E-state index contributed by atoms with van der Waals surface area (Å²) in [5, 5.41) is 3.82. The van der Waals surface area contributed by atoms with Crippen molar-refractivity contribution in [3.8, 4) is 0 Å². The topological polar surface area (TPSA) is 29.1 Å². The molecule has 2 nitrogen and oxygen atoms in total. The van der Waals surface area contributed by atoms with Crippen LogP contribution in [-0.2, 0) is 0 Å². The molecule has 3 saturated carbocycles. The Kier molecular flexibility index (Phi) is 2.44. The van der Waals surface area contributed by atoms with Gasteiger partial charge in [-0.2, -0.15) is 0 Å². The summed E-state index contributed by atoms with van der Waals surface area (Å²) in [6, 6.07) is 5.38. The van der Waals surface area contributed by atoms with Gasteiger partial charge in [-0.25, -0.2) is 0 Å². The van der Waals surface area contributed by atoms with Crippen molar-refractivity contribution in [3.63, 3.8) is 0 Å². The van der Waals surface area contributed by atoms with Crippen LogP contribution in [0, 0.1) is 9.49 Å². The molecule has 84 valence electrons. The minimum atomic E-state index is 0.0409. The molecule has 2 bridgehead atoms. The van der Waals surface area contributed by atoms with E-state index in [9.17, 15) is 4.79 Å². The molecular formula is C12H11ClINO. The summed E-state index contributed by atoms with van der Waals surface area (Å²) in [6.45, 7) is 0. The third-order valence-corrected chi connectivity index (χ3v) is 4.72. The monoisotopic (exact) mass is 347 g/mol. The van der Waals surface area contributed by atoms with E-state index in [1.165, 1.54) is 19.3 Å². The number of halogens is 2. The first-order chi connectivity index (χ1) is 7.58. The van der Waals surface area contributed by atoms with E-state index in [1.54, 1.807) is 12.1 Å². The lowest BCUT2D eigenvalue weighted by atomic mass is 9.50. The van der Waals surface area contributed by atoms with E-state index >= 15 is 0 Å². The molecule has 0 aromatic heterocycles. The molecule has 0 spiro atoms. The van der Waals surface area contributed by atoms with Crippen LogP contribution in [-0.4, -0.2) is 11.4 Å². The van der Waals surface area contributed by atoms with Gasteiger partial charge in [0.1, 0.15) is 0 Å². The van der Waals surface area contributed by atoms with Crippen molar-refractivity contribution >= 4 is 40.1 Å². The van der Waals surface area contributed by atoms with Crippen molar-refractivity contribution in [3.05, 3.63) is 32.4 Å². The van der Waals surface area contributed by atoms with Gasteiger partial charge in [-0.05, 0) is 66.0 Å². The van der Waals surface area contributed by atoms with E-state index in [1.807, 2.05) is 6.07 Å². The van der Waals surface area contributed by atoms with Crippen LogP contribution in [0.1, 0.15) is 29.6 Å². The number of carbonyl (C=O) groups is 1. The third kappa shape index (κ3) is 1.64. The predicted octanol–water partition coefficient (Wildman–Crippen LogP) is 3.23. The van der Waals surface area contributed by atoms with E-state index in [0.29, 0.717) is 5.02 Å². The lowest BCUT2D eigenvalue weighted by molar-refractivity contribution is -0.0438. The normalized spacial score (nSPS) is 30.2. The lowest BCUT2D eigenvalue weighted by Crippen LogP contribution is -2.68. The fourth-order valence-electron chi connectivity index (χ4n) is 2.61. The molecule has 0 radical (unpaired) electrons. The molecule has 1 aromatic rings. The van der Waals surface area contributed by atoms with Crippen molar-refractivity contribution in [2.75, 3.05) is 0 Å². The average molecular weight is 348 g/mol. The molecule has 16 heavy (non-hydrogen) atoms. The Bertz CT molecular complexity index is 457. The summed E-state index contributed by atoms with van der Waals surface area (Å²) in [4.78, 5) is 12.1. The number of carbonyl (C=O) groups excluding carboxylic acids is 1. The molecule has 3 aliphatic carbocycles. The van der Waals surface area contributed by atoms with Gasteiger partial charge in [-0.1, -0.05) is 11.6 Å². The van der Waals surface area contributed by atoms with Crippen molar-refractivity contribution < 1.29 is 4.79 Å². The molecule has 1 N–H and O–H groups in total. The maximum Gasteiger partial charge on any atom is 0.252 e. The largest absolute Gasteiger partial charge is 0.347 e. The van der Waals surface area contributed by atoms with Crippen LogP contribution in [0.5, 0.6) is 0 Å². The number of amides is 1. The Labute approximate surface area is 113 Å². The SMILES string of the molecule is O=C(NC12CC(C1)C2)c1ccc(Cl)cc1I. The van der Waals surface area contributed by atoms with Gasteiger partial charge in [0, 0.05) is 14.1 Å². The molecule has 1 amide bonds. The molecular weight excluding hydrogens is 336 g/mol. The maximum atomic E-state index is 12.1. The van der Waals surface area contributed by atoms with Gasteiger partial charge in [0.25, 0.3) is 5.91 Å². The van der Waals surface area contributed by atoms with Crippen LogP contribution in [0.3, 0.4) is 0 Å². The zero-order chi connectivity index (χ0) is 11.3. The number of hydrogen-bond acceptors (Lipinski definition) is 1. The van der Waals surface area contributed by atoms with Crippen molar-refractivity contribution in [2.24, 2.45) is 5.92 Å². The number of rotatable bonds is 2. The van der Waals surface area contributed by atoms with Gasteiger partial charge in [-0.3, -0.25) is 4.79 Å². The Morgan fingerprint density at radius 3 is 2.62 bits per heavy atom. The van der Waals surface area contributed by atoms with Gasteiger partial charge in [0.15, 0.2) is 0 Å². The molecule has 0 unspecified atom stereocenters. The summed E-state index contributed by atoms with van der Waals surface area (Å²) in [5.74, 6) is 0.920. The molecule has 3 fully saturated rings. The Hall–Kier alpha value is -0.290. The van der Waals surface area contributed by atoms with Crippen LogP contribution >= 0.6 is 34.2 Å². The lowest BCUT2D eigenvalue weighted by Gasteiger charge is -2.61. The Balaban J connectivity index is 1.78. The molecule has 0 atom stereocenters. The fourth-order valence-corrected chi connectivity index (χ4v) is 3.73. The van der Waals surface area contributed by atoms with E-state index in [2.05, 4.69) is 27.9 Å². The van der Waals surface area contributed by atoms with Crippen molar-refractivity contribution in [2.45, 2.75) is 24.8 Å². The molecule has 0 saturated heterocycles. The van der Waals surface area contributed by atoms with Crippen molar-refractivity contribution in [1.82, 2.24) is 5.32 Å². The van der Waals surface area contributed by atoms with Crippen molar-refractivity contribution in [1.29, 1.82) is 0 Å². The zero-order valence-electron chi connectivity index (χ0n) is 8.59. The predicted molar refractivity (Wildman–Crippen MR) is 71.7 cm³/mol. The molecule has 3 aliphatic rings. The van der Waals surface area contributed by atoms with Gasteiger partial charge in [0.2, 0.25) is 0 Å². The number of nitrogens with one attached hydrogen (secondary N) is 1. The van der Waals surface area contributed by atoms with Crippen LogP contribution < -0.4 is 5.32 Å². The van der Waals surface area contributed by atoms with Gasteiger partial charge >= 0.3 is 0 Å². The van der Waals surface area contributed by atoms with E-state index in [0.717, 1.165) is 15.1 Å². The number of hydrogen-bond donors (Lipinski definition) is 1. The van der Waals surface area contributed by atoms with Gasteiger partial charge < -0.3 is 5.32 Å². The summed E-state index contributed by atoms with van der Waals surface area (Å²) in [5.41, 5.74) is 0.875. The Morgan fingerprint density at radius 1 is 1.44 bits per heavy atom. The molecule has 1 aromatic carbocycles. The first-order valence-electron chi connectivity index (χ1n) is 5.36. The second-order valence-electron chi connectivity index (χ2n) is 4.84. The average Bonchev–Trinajstić information content (AvgIpc) is 2.09. The summed E-state index contributed by atoms with van der Waals surface area (Å²) >= 11 is 8.01. The summed E-state index contributed by atoms with van der Waals surface area (Å²) in [7, 11) is 0. The molecule has 4 rings (SSSR count). The number of benzene rings is 1. The first-order valence-corrected chi connectivity index (χ1v) is 6.81. The van der Waals surface area contributed by atoms with E-state index < -0.39 is 0 Å². The molecule has 0 heterocycles. The summed E-state index contributed by atoms with van der Waals surface area (Å²) in [6.07, 6.45) is 3.51. The highest BCUT2D eigenvalue weighted by molar-refractivity contribution is 14.1. The molecule has 0 aliphatic heterocycles. The first kappa shape index (κ1) is 10.8. The van der Waals surface area contributed by atoms with E-state index in [4.69, 9.17) is 11.6 Å². The van der Waals surface area contributed by atoms with Crippen LogP contribution in [0.15, 0.2) is 18.2 Å². The highest BCUT2D eigenvalue weighted by atomic mass is 127. The maximum absolute atomic E-state index is 12.1. The van der Waals surface area contributed by atoms with Gasteiger partial charge in [-0.15, -0.1) is 0 Å². The van der Waals surface area contributed by atoms with Crippen LogP contribution in [0.4, 0.5) is 0 Å². The minimum absolute atomic E-state index is 0.0409. The quantitative estimate of drug-likeness (QED) is 0.818. The van der Waals surface area contributed by atoms with Crippen LogP contribution in [0.25, 0.3) is 0 Å². The Morgan fingerprint density at radius 2 is 2.12 bits per heavy atom. The zero-order valence-corrected chi connectivity index (χ0v) is 11.5.